The maximum Gasteiger partial charge on any atom is 0.195 e. The van der Waals surface area contributed by atoms with Gasteiger partial charge in [0.1, 0.15) is 0 Å². The van der Waals surface area contributed by atoms with Crippen molar-refractivity contribution < 1.29 is 10.2 Å². The standard InChI is InChI=1S/C12H21NO2/c1-11(2,3)7-8(12(4,5)6)10(15)13-9(7)14/h13-15H,1-6H3. The molecule has 1 rings (SSSR count). The number of aromatic amines is 1. The lowest BCUT2D eigenvalue weighted by Gasteiger charge is -2.26. The van der Waals surface area contributed by atoms with Gasteiger partial charge in [-0.15, -0.1) is 0 Å². The predicted octanol–water partition coefficient (Wildman–Crippen LogP) is 3.02. The lowest BCUT2D eigenvalue weighted by atomic mass is 9.77. The third-order valence-corrected chi connectivity index (χ3v) is 2.46. The second-order valence-corrected chi connectivity index (χ2v) is 6.07. The normalized spacial score (nSPS) is 13.2. The fourth-order valence-electron chi connectivity index (χ4n) is 1.93. The van der Waals surface area contributed by atoms with E-state index >= 15 is 0 Å². The molecule has 0 atom stereocenters. The van der Waals surface area contributed by atoms with E-state index in [9.17, 15) is 10.2 Å². The summed E-state index contributed by atoms with van der Waals surface area (Å²) >= 11 is 0. The summed E-state index contributed by atoms with van der Waals surface area (Å²) in [7, 11) is 0. The van der Waals surface area contributed by atoms with E-state index in [-0.39, 0.29) is 22.6 Å². The fraction of sp³-hybridized carbons (Fsp3) is 0.667. The van der Waals surface area contributed by atoms with Crippen molar-refractivity contribution in [2.24, 2.45) is 0 Å². The number of nitrogens with one attached hydrogen (secondary N) is 1. The van der Waals surface area contributed by atoms with Crippen LogP contribution >= 0.6 is 0 Å². The van der Waals surface area contributed by atoms with Crippen molar-refractivity contribution >= 4 is 0 Å². The smallest absolute Gasteiger partial charge is 0.195 e. The summed E-state index contributed by atoms with van der Waals surface area (Å²) in [4.78, 5) is 2.60. The molecular weight excluding hydrogens is 190 g/mol. The third-order valence-electron chi connectivity index (χ3n) is 2.46. The topological polar surface area (TPSA) is 56.2 Å². The highest BCUT2D eigenvalue weighted by Gasteiger charge is 2.33. The first-order valence-electron chi connectivity index (χ1n) is 5.20. The Morgan fingerprint density at radius 1 is 0.733 bits per heavy atom. The summed E-state index contributed by atoms with van der Waals surface area (Å²) in [5.74, 6) is 0.148. The average Bonchev–Trinajstić information content (AvgIpc) is 2.22. The second kappa shape index (κ2) is 3.19. The summed E-state index contributed by atoms with van der Waals surface area (Å²) in [6.45, 7) is 12.1. The molecular formula is C12H21NO2. The molecule has 0 radical (unpaired) electrons. The first-order chi connectivity index (χ1) is 6.55. The minimum Gasteiger partial charge on any atom is -0.494 e. The lowest BCUT2D eigenvalue weighted by Crippen LogP contribution is -2.20. The molecule has 86 valence electrons. The van der Waals surface area contributed by atoms with Gasteiger partial charge in [0.25, 0.3) is 0 Å². The number of H-pyrrole nitrogens is 1. The summed E-state index contributed by atoms with van der Waals surface area (Å²) in [5.41, 5.74) is 1.22. The lowest BCUT2D eigenvalue weighted by molar-refractivity contribution is 0.414. The van der Waals surface area contributed by atoms with Gasteiger partial charge in [0.05, 0.1) is 0 Å². The van der Waals surface area contributed by atoms with Gasteiger partial charge in [0.2, 0.25) is 0 Å². The Morgan fingerprint density at radius 2 is 1.00 bits per heavy atom. The molecule has 0 fully saturated rings. The minimum absolute atomic E-state index is 0.0740. The molecule has 0 unspecified atom stereocenters. The Bertz CT molecular complexity index is 330. The summed E-state index contributed by atoms with van der Waals surface area (Å²) in [6, 6.07) is 0. The molecule has 1 aromatic rings. The van der Waals surface area contributed by atoms with Gasteiger partial charge < -0.3 is 10.2 Å². The van der Waals surface area contributed by atoms with E-state index in [2.05, 4.69) is 4.98 Å². The number of rotatable bonds is 0. The van der Waals surface area contributed by atoms with E-state index in [4.69, 9.17) is 0 Å². The van der Waals surface area contributed by atoms with E-state index < -0.39 is 0 Å². The van der Waals surface area contributed by atoms with Crippen LogP contribution in [0.5, 0.6) is 11.8 Å². The van der Waals surface area contributed by atoms with Crippen LogP contribution in [-0.2, 0) is 10.8 Å². The molecule has 0 spiro atoms. The van der Waals surface area contributed by atoms with E-state index in [0.29, 0.717) is 0 Å². The van der Waals surface area contributed by atoms with Crippen LogP contribution in [0.1, 0.15) is 52.7 Å². The Morgan fingerprint density at radius 3 is 1.20 bits per heavy atom. The maximum absolute atomic E-state index is 9.80. The van der Waals surface area contributed by atoms with Crippen LogP contribution in [0.15, 0.2) is 0 Å². The zero-order valence-corrected chi connectivity index (χ0v) is 10.4. The van der Waals surface area contributed by atoms with Crippen molar-refractivity contribution in [2.45, 2.75) is 52.4 Å². The summed E-state index contributed by atoms with van der Waals surface area (Å²) < 4.78 is 0. The molecule has 3 nitrogen and oxygen atoms in total. The van der Waals surface area contributed by atoms with Crippen molar-refractivity contribution in [2.75, 3.05) is 0 Å². The maximum atomic E-state index is 9.80. The minimum atomic E-state index is -0.190. The van der Waals surface area contributed by atoms with Gasteiger partial charge in [-0.2, -0.15) is 0 Å². The Balaban J connectivity index is 3.51. The molecule has 0 bridgehead atoms. The number of aromatic nitrogens is 1. The fourth-order valence-corrected chi connectivity index (χ4v) is 1.93. The molecule has 1 heterocycles. The van der Waals surface area contributed by atoms with E-state index in [1.54, 1.807) is 0 Å². The first kappa shape index (κ1) is 12.0. The molecule has 0 aliphatic carbocycles. The predicted molar refractivity (Wildman–Crippen MR) is 61.5 cm³/mol. The van der Waals surface area contributed by atoms with Crippen molar-refractivity contribution in [3.63, 3.8) is 0 Å². The van der Waals surface area contributed by atoms with Gasteiger partial charge in [-0.05, 0) is 10.8 Å². The van der Waals surface area contributed by atoms with Crippen molar-refractivity contribution in [1.82, 2.24) is 4.98 Å². The van der Waals surface area contributed by atoms with Crippen LogP contribution in [0.4, 0.5) is 0 Å². The molecule has 1 aromatic heterocycles. The highest BCUT2D eigenvalue weighted by atomic mass is 16.3. The zero-order valence-electron chi connectivity index (χ0n) is 10.4. The molecule has 3 N–H and O–H groups in total. The van der Waals surface area contributed by atoms with Gasteiger partial charge in [-0.3, -0.25) is 4.98 Å². The van der Waals surface area contributed by atoms with Crippen LogP contribution in [0.2, 0.25) is 0 Å². The molecule has 0 aliphatic heterocycles. The summed E-state index contributed by atoms with van der Waals surface area (Å²) in [6.07, 6.45) is 0. The Hall–Kier alpha value is -1.12. The van der Waals surface area contributed by atoms with Gasteiger partial charge in [0, 0.05) is 11.1 Å². The molecule has 0 amide bonds. The van der Waals surface area contributed by atoms with Gasteiger partial charge in [0.15, 0.2) is 11.8 Å². The Kier molecular flexibility index (Phi) is 2.54. The van der Waals surface area contributed by atoms with Gasteiger partial charge in [-0.1, -0.05) is 41.5 Å². The Labute approximate surface area is 91.1 Å². The van der Waals surface area contributed by atoms with Crippen LogP contribution in [0.3, 0.4) is 0 Å². The zero-order chi connectivity index (χ0) is 12.0. The molecule has 0 aromatic carbocycles. The summed E-state index contributed by atoms with van der Waals surface area (Å²) in [5, 5.41) is 19.6. The molecule has 0 saturated carbocycles. The van der Waals surface area contributed by atoms with E-state index in [0.717, 1.165) is 11.1 Å². The largest absolute Gasteiger partial charge is 0.494 e. The third kappa shape index (κ3) is 2.11. The second-order valence-electron chi connectivity index (χ2n) is 6.07. The number of hydrogen-bond acceptors (Lipinski definition) is 2. The van der Waals surface area contributed by atoms with Gasteiger partial charge >= 0.3 is 0 Å². The molecule has 0 aliphatic rings. The van der Waals surface area contributed by atoms with Gasteiger partial charge in [-0.25, -0.2) is 0 Å². The van der Waals surface area contributed by atoms with Crippen molar-refractivity contribution in [1.29, 1.82) is 0 Å². The highest BCUT2D eigenvalue weighted by molar-refractivity contribution is 5.50. The average molecular weight is 211 g/mol. The monoisotopic (exact) mass is 211 g/mol. The van der Waals surface area contributed by atoms with Crippen molar-refractivity contribution in [3.05, 3.63) is 11.1 Å². The van der Waals surface area contributed by atoms with Crippen LogP contribution in [0.25, 0.3) is 0 Å². The van der Waals surface area contributed by atoms with E-state index in [1.165, 1.54) is 0 Å². The van der Waals surface area contributed by atoms with Crippen molar-refractivity contribution in [3.8, 4) is 11.8 Å². The number of hydrogen-bond donors (Lipinski definition) is 3. The highest BCUT2D eigenvalue weighted by Crippen LogP contribution is 2.44. The van der Waals surface area contributed by atoms with Crippen LogP contribution in [-0.4, -0.2) is 15.2 Å². The first-order valence-corrected chi connectivity index (χ1v) is 5.20. The molecule has 0 saturated heterocycles. The molecule has 15 heavy (non-hydrogen) atoms. The SMILES string of the molecule is CC(C)(C)c1c(O)[nH]c(O)c1C(C)(C)C. The molecule has 3 heteroatoms. The quantitative estimate of drug-likeness (QED) is 0.618. The van der Waals surface area contributed by atoms with Crippen LogP contribution < -0.4 is 0 Å². The van der Waals surface area contributed by atoms with E-state index in [1.807, 2.05) is 41.5 Å². The van der Waals surface area contributed by atoms with Crippen LogP contribution in [0, 0.1) is 0 Å². The number of aromatic hydroxyl groups is 2.